The molecule has 0 bridgehead atoms. The largest absolute Gasteiger partial charge is 0.444 e. The predicted octanol–water partition coefficient (Wildman–Crippen LogP) is 3.80. The van der Waals surface area contributed by atoms with E-state index in [-0.39, 0.29) is 12.1 Å². The highest BCUT2D eigenvalue weighted by Gasteiger charge is 2.32. The Kier molecular flexibility index (Phi) is 4.72. The zero-order chi connectivity index (χ0) is 19.1. The number of hydrogen-bond donors (Lipinski definition) is 0. The zero-order valence-electron chi connectivity index (χ0n) is 15.2. The minimum absolute atomic E-state index is 0.00895. The van der Waals surface area contributed by atoms with Gasteiger partial charge < -0.3 is 19.0 Å². The average Bonchev–Trinajstić information content (AvgIpc) is 2.95. The molecule has 8 heteroatoms. The number of carbonyl (C=O) groups is 1. The second-order valence-electron chi connectivity index (χ2n) is 7.38. The number of benzene rings is 1. The van der Waals surface area contributed by atoms with Gasteiger partial charge in [0.05, 0.1) is 5.56 Å². The lowest BCUT2D eigenvalue weighted by Gasteiger charge is -2.39. The smallest absolute Gasteiger partial charge is 0.410 e. The Balaban J connectivity index is 1.79. The third-order valence-electron chi connectivity index (χ3n) is 4.09. The molecule has 1 aromatic heterocycles. The third kappa shape index (κ3) is 3.70. The van der Waals surface area contributed by atoms with Gasteiger partial charge >= 0.3 is 6.09 Å². The fourth-order valence-electron chi connectivity index (χ4n) is 2.93. The molecule has 26 heavy (non-hydrogen) atoms. The van der Waals surface area contributed by atoms with Crippen LogP contribution in [0.1, 0.15) is 33.3 Å². The van der Waals surface area contributed by atoms with Gasteiger partial charge in [-0.15, -0.1) is 0 Å². The molecule has 1 aromatic carbocycles. The highest BCUT2D eigenvalue weighted by Crippen LogP contribution is 2.29. The number of halogens is 1. The van der Waals surface area contributed by atoms with Crippen LogP contribution in [0, 0.1) is 11.3 Å². The first-order valence-electron chi connectivity index (χ1n) is 8.42. The van der Waals surface area contributed by atoms with Crippen LogP contribution >= 0.6 is 11.6 Å². The number of nitriles is 1. The number of hydrogen-bond acceptors (Lipinski definition) is 6. The van der Waals surface area contributed by atoms with E-state index in [4.69, 9.17) is 20.8 Å². The molecule has 0 spiro atoms. The van der Waals surface area contributed by atoms with Gasteiger partial charge in [0, 0.05) is 30.7 Å². The van der Waals surface area contributed by atoms with Gasteiger partial charge in [-0.2, -0.15) is 10.2 Å². The lowest BCUT2D eigenvalue weighted by atomic mass is 10.2. The summed E-state index contributed by atoms with van der Waals surface area (Å²) in [4.78, 5) is 20.4. The predicted molar refractivity (Wildman–Crippen MR) is 98.3 cm³/mol. The van der Waals surface area contributed by atoms with E-state index in [1.165, 1.54) is 0 Å². The molecule has 1 fully saturated rings. The Morgan fingerprint density at radius 2 is 2.15 bits per heavy atom. The molecule has 0 saturated carbocycles. The SMILES string of the molecule is C[C@H]1CN(C(=O)OC(C)(C)C)CCN1c1nc2cc(Cl)cc(C#N)c2o1. The van der Waals surface area contributed by atoms with Gasteiger partial charge in [0.1, 0.15) is 17.2 Å². The summed E-state index contributed by atoms with van der Waals surface area (Å²) in [5, 5.41) is 9.69. The molecular weight excluding hydrogens is 356 g/mol. The van der Waals surface area contributed by atoms with Gasteiger partial charge in [-0.25, -0.2) is 4.79 Å². The lowest BCUT2D eigenvalue weighted by Crippen LogP contribution is -2.54. The van der Waals surface area contributed by atoms with E-state index in [2.05, 4.69) is 11.1 Å². The first kappa shape index (κ1) is 18.3. The average molecular weight is 377 g/mol. The summed E-state index contributed by atoms with van der Waals surface area (Å²) in [6.07, 6.45) is -0.319. The summed E-state index contributed by atoms with van der Waals surface area (Å²) < 4.78 is 11.3. The van der Waals surface area contributed by atoms with E-state index in [9.17, 15) is 10.1 Å². The number of ether oxygens (including phenoxy) is 1. The number of rotatable bonds is 1. The second kappa shape index (κ2) is 6.69. The Bertz CT molecular complexity index is 881. The number of nitrogens with zero attached hydrogens (tertiary/aromatic N) is 4. The Hall–Kier alpha value is -2.46. The number of aromatic nitrogens is 1. The molecular formula is C18H21ClN4O3. The molecule has 1 saturated heterocycles. The van der Waals surface area contributed by atoms with Crippen LogP contribution in [0.2, 0.25) is 5.02 Å². The standard InChI is InChI=1S/C18H21ClN4O3/c1-11-10-22(17(24)26-18(2,3)4)5-6-23(11)16-21-14-8-13(19)7-12(9-20)15(14)25-16/h7-8,11H,5-6,10H2,1-4H3/t11-/m0/s1. The number of amides is 1. The van der Waals surface area contributed by atoms with Crippen LogP contribution in [0.15, 0.2) is 16.5 Å². The normalized spacial score (nSPS) is 18.1. The summed E-state index contributed by atoms with van der Waals surface area (Å²) in [7, 11) is 0. The van der Waals surface area contributed by atoms with Gasteiger partial charge in [-0.05, 0) is 39.8 Å². The molecule has 1 atom stereocenters. The van der Waals surface area contributed by atoms with Crippen LogP contribution in [0.5, 0.6) is 0 Å². The first-order chi connectivity index (χ1) is 12.2. The molecule has 2 aromatic rings. The summed E-state index contributed by atoms with van der Waals surface area (Å²) in [6, 6.07) is 5.72. The van der Waals surface area contributed by atoms with Crippen LogP contribution < -0.4 is 4.90 Å². The van der Waals surface area contributed by atoms with Crippen molar-refractivity contribution in [1.29, 1.82) is 5.26 Å². The quantitative estimate of drug-likeness (QED) is 0.752. The minimum atomic E-state index is -0.523. The topological polar surface area (TPSA) is 82.6 Å². The maximum absolute atomic E-state index is 12.3. The van der Waals surface area contributed by atoms with Gasteiger partial charge in [-0.3, -0.25) is 0 Å². The summed E-state index contributed by atoms with van der Waals surface area (Å²) >= 11 is 6.03. The van der Waals surface area contributed by atoms with E-state index < -0.39 is 5.60 Å². The van der Waals surface area contributed by atoms with Crippen LogP contribution in [0.3, 0.4) is 0 Å². The molecule has 0 N–H and O–H groups in total. The van der Waals surface area contributed by atoms with Crippen molar-refractivity contribution >= 4 is 34.8 Å². The van der Waals surface area contributed by atoms with E-state index in [1.807, 2.05) is 32.6 Å². The lowest BCUT2D eigenvalue weighted by molar-refractivity contribution is 0.0216. The Morgan fingerprint density at radius 3 is 2.77 bits per heavy atom. The number of anilines is 1. The van der Waals surface area contributed by atoms with Crippen molar-refractivity contribution in [2.24, 2.45) is 0 Å². The van der Waals surface area contributed by atoms with Gasteiger partial charge in [0.2, 0.25) is 0 Å². The second-order valence-corrected chi connectivity index (χ2v) is 7.82. The van der Waals surface area contributed by atoms with E-state index in [0.29, 0.717) is 47.3 Å². The molecule has 2 heterocycles. The molecule has 0 unspecified atom stereocenters. The molecule has 0 radical (unpaired) electrons. The molecule has 1 aliphatic heterocycles. The number of fused-ring (bicyclic) bond motifs is 1. The number of oxazole rings is 1. The van der Waals surface area contributed by atoms with Crippen LogP contribution in [0.25, 0.3) is 11.1 Å². The van der Waals surface area contributed by atoms with Crippen molar-refractivity contribution in [3.8, 4) is 6.07 Å². The van der Waals surface area contributed by atoms with E-state index >= 15 is 0 Å². The Morgan fingerprint density at radius 1 is 1.42 bits per heavy atom. The van der Waals surface area contributed by atoms with Crippen molar-refractivity contribution in [2.45, 2.75) is 39.3 Å². The summed E-state index contributed by atoms with van der Waals surface area (Å²) in [5.41, 5.74) is 0.802. The fourth-order valence-corrected chi connectivity index (χ4v) is 3.14. The summed E-state index contributed by atoms with van der Waals surface area (Å²) in [5.74, 6) is 0. The molecule has 3 rings (SSSR count). The van der Waals surface area contributed by atoms with Crippen LogP contribution in [0.4, 0.5) is 10.8 Å². The van der Waals surface area contributed by atoms with Crippen LogP contribution in [-0.2, 0) is 4.74 Å². The maximum atomic E-state index is 12.3. The van der Waals surface area contributed by atoms with Gasteiger partial charge in [0.25, 0.3) is 6.01 Å². The first-order valence-corrected chi connectivity index (χ1v) is 8.80. The van der Waals surface area contributed by atoms with Crippen molar-refractivity contribution in [3.05, 3.63) is 22.7 Å². The Labute approximate surface area is 157 Å². The molecule has 138 valence electrons. The van der Waals surface area contributed by atoms with E-state index in [1.54, 1.807) is 17.0 Å². The molecule has 1 amide bonds. The van der Waals surface area contributed by atoms with E-state index in [0.717, 1.165) is 0 Å². The molecule has 7 nitrogen and oxygen atoms in total. The zero-order valence-corrected chi connectivity index (χ0v) is 16.0. The fraction of sp³-hybridized carbons (Fsp3) is 0.500. The van der Waals surface area contributed by atoms with Gasteiger partial charge in [0.15, 0.2) is 5.58 Å². The molecule has 1 aliphatic rings. The number of carbonyl (C=O) groups excluding carboxylic acids is 1. The van der Waals surface area contributed by atoms with Crippen LogP contribution in [-0.4, -0.2) is 47.3 Å². The van der Waals surface area contributed by atoms with Crippen molar-refractivity contribution in [1.82, 2.24) is 9.88 Å². The van der Waals surface area contributed by atoms with Crippen molar-refractivity contribution in [3.63, 3.8) is 0 Å². The molecule has 0 aliphatic carbocycles. The van der Waals surface area contributed by atoms with Gasteiger partial charge in [-0.1, -0.05) is 11.6 Å². The monoisotopic (exact) mass is 376 g/mol. The summed E-state index contributed by atoms with van der Waals surface area (Å²) in [6.45, 7) is 9.10. The minimum Gasteiger partial charge on any atom is -0.444 e. The number of piperazine rings is 1. The highest BCUT2D eigenvalue weighted by atomic mass is 35.5. The highest BCUT2D eigenvalue weighted by molar-refractivity contribution is 6.31. The van der Waals surface area contributed by atoms with Crippen molar-refractivity contribution in [2.75, 3.05) is 24.5 Å². The van der Waals surface area contributed by atoms with Crippen molar-refractivity contribution < 1.29 is 13.9 Å². The maximum Gasteiger partial charge on any atom is 0.410 e. The third-order valence-corrected chi connectivity index (χ3v) is 4.31.